The van der Waals surface area contributed by atoms with Crippen molar-refractivity contribution in [2.45, 2.75) is 20.5 Å². The minimum atomic E-state index is -0.552. The van der Waals surface area contributed by atoms with E-state index in [2.05, 4.69) is 15.4 Å². The second kappa shape index (κ2) is 5.23. The van der Waals surface area contributed by atoms with Crippen molar-refractivity contribution in [3.63, 3.8) is 0 Å². The number of carbonyl (C=O) groups excluding carboxylic acids is 1. The van der Waals surface area contributed by atoms with E-state index in [1.54, 1.807) is 26.0 Å². The molecule has 0 amide bonds. The fourth-order valence-electron chi connectivity index (χ4n) is 1.79. The van der Waals surface area contributed by atoms with Crippen LogP contribution in [-0.4, -0.2) is 21.3 Å². The molecule has 0 fully saturated rings. The van der Waals surface area contributed by atoms with E-state index in [1.165, 1.54) is 6.26 Å². The highest BCUT2D eigenvalue weighted by Crippen LogP contribution is 2.19. The van der Waals surface area contributed by atoms with Crippen LogP contribution in [0.15, 0.2) is 31.8 Å². The smallest absolute Gasteiger partial charge is 0.344 e. The molecule has 0 saturated heterocycles. The van der Waals surface area contributed by atoms with Crippen LogP contribution in [0.2, 0.25) is 0 Å². The fourth-order valence-corrected chi connectivity index (χ4v) is 1.79. The molecule has 0 aliphatic rings. The van der Waals surface area contributed by atoms with E-state index in [0.717, 1.165) is 0 Å². The highest BCUT2D eigenvalue weighted by atomic mass is 16.5. The SMILES string of the molecule is Cc1noc(C)c1C(=O)OCc1nnc(-c2ccco2)o1. The van der Waals surface area contributed by atoms with Crippen LogP contribution in [0.25, 0.3) is 11.7 Å². The molecule has 8 heteroatoms. The average Bonchev–Trinajstić information content (AvgIpc) is 3.17. The summed E-state index contributed by atoms with van der Waals surface area (Å²) >= 11 is 0. The van der Waals surface area contributed by atoms with E-state index >= 15 is 0 Å². The largest absolute Gasteiger partial charge is 0.459 e. The number of ether oxygens (including phenoxy) is 1. The first-order valence-corrected chi connectivity index (χ1v) is 6.11. The number of furan rings is 1. The normalized spacial score (nSPS) is 10.8. The molecule has 108 valence electrons. The Morgan fingerprint density at radius 1 is 1.33 bits per heavy atom. The second-order valence-corrected chi connectivity index (χ2v) is 4.25. The van der Waals surface area contributed by atoms with Crippen molar-refractivity contribution in [3.8, 4) is 11.7 Å². The predicted molar refractivity (Wildman–Crippen MR) is 67.1 cm³/mol. The Bertz CT molecular complexity index is 737. The minimum absolute atomic E-state index is 0.142. The first-order valence-electron chi connectivity index (χ1n) is 6.11. The number of aromatic nitrogens is 3. The molecular formula is C13H11N3O5. The van der Waals surface area contributed by atoms with Gasteiger partial charge in [0.05, 0.1) is 12.0 Å². The van der Waals surface area contributed by atoms with Gasteiger partial charge in [0, 0.05) is 0 Å². The van der Waals surface area contributed by atoms with E-state index in [1.807, 2.05) is 0 Å². The minimum Gasteiger partial charge on any atom is -0.459 e. The molecule has 3 rings (SSSR count). The highest BCUT2D eigenvalue weighted by molar-refractivity contribution is 5.91. The van der Waals surface area contributed by atoms with Crippen LogP contribution in [-0.2, 0) is 11.3 Å². The molecule has 0 spiro atoms. The molecule has 3 aromatic heterocycles. The van der Waals surface area contributed by atoms with Crippen LogP contribution in [0.5, 0.6) is 0 Å². The lowest BCUT2D eigenvalue weighted by molar-refractivity contribution is 0.0436. The van der Waals surface area contributed by atoms with Gasteiger partial charge in [-0.1, -0.05) is 5.16 Å². The molecule has 0 radical (unpaired) electrons. The Hall–Kier alpha value is -2.90. The topological polar surface area (TPSA) is 104 Å². The lowest BCUT2D eigenvalue weighted by atomic mass is 10.2. The van der Waals surface area contributed by atoms with Crippen LogP contribution in [0, 0.1) is 13.8 Å². The summed E-state index contributed by atoms with van der Waals surface area (Å²) in [4.78, 5) is 11.9. The number of hydrogen-bond acceptors (Lipinski definition) is 8. The van der Waals surface area contributed by atoms with Crippen molar-refractivity contribution in [1.29, 1.82) is 0 Å². The Morgan fingerprint density at radius 3 is 2.86 bits per heavy atom. The van der Waals surface area contributed by atoms with Crippen LogP contribution >= 0.6 is 0 Å². The first kappa shape index (κ1) is 13.1. The molecule has 0 atom stereocenters. The van der Waals surface area contributed by atoms with E-state index in [9.17, 15) is 4.79 Å². The zero-order valence-corrected chi connectivity index (χ0v) is 11.3. The van der Waals surface area contributed by atoms with E-state index in [-0.39, 0.29) is 18.4 Å². The summed E-state index contributed by atoms with van der Waals surface area (Å²) in [5.41, 5.74) is 0.778. The van der Waals surface area contributed by atoms with Gasteiger partial charge in [0.25, 0.3) is 11.8 Å². The molecular weight excluding hydrogens is 278 g/mol. The molecule has 0 bridgehead atoms. The van der Waals surface area contributed by atoms with Gasteiger partial charge >= 0.3 is 5.97 Å². The molecule has 0 saturated carbocycles. The molecule has 0 aliphatic heterocycles. The summed E-state index contributed by atoms with van der Waals surface area (Å²) in [7, 11) is 0. The van der Waals surface area contributed by atoms with E-state index in [4.69, 9.17) is 18.1 Å². The second-order valence-electron chi connectivity index (χ2n) is 4.25. The Labute approximate surface area is 118 Å². The lowest BCUT2D eigenvalue weighted by Crippen LogP contribution is -2.07. The monoisotopic (exact) mass is 289 g/mol. The van der Waals surface area contributed by atoms with Crippen LogP contribution < -0.4 is 0 Å². The van der Waals surface area contributed by atoms with Gasteiger partial charge in [0.15, 0.2) is 12.4 Å². The quantitative estimate of drug-likeness (QED) is 0.674. The fraction of sp³-hybridized carbons (Fsp3) is 0.231. The van der Waals surface area contributed by atoms with Gasteiger partial charge in [-0.25, -0.2) is 4.79 Å². The van der Waals surface area contributed by atoms with Crippen molar-refractivity contribution in [3.05, 3.63) is 41.3 Å². The van der Waals surface area contributed by atoms with Crippen molar-refractivity contribution in [2.24, 2.45) is 0 Å². The lowest BCUT2D eigenvalue weighted by Gasteiger charge is -2.00. The number of esters is 1. The number of rotatable bonds is 4. The molecule has 0 unspecified atom stereocenters. The van der Waals surface area contributed by atoms with Gasteiger partial charge in [0.1, 0.15) is 11.3 Å². The molecule has 3 aromatic rings. The summed E-state index contributed by atoms with van der Waals surface area (Å²) in [6.07, 6.45) is 1.50. The van der Waals surface area contributed by atoms with Crippen LogP contribution in [0.4, 0.5) is 0 Å². The van der Waals surface area contributed by atoms with Gasteiger partial charge in [-0.3, -0.25) is 0 Å². The van der Waals surface area contributed by atoms with Crippen molar-refractivity contribution in [1.82, 2.24) is 15.4 Å². The van der Waals surface area contributed by atoms with Gasteiger partial charge in [-0.15, -0.1) is 10.2 Å². The summed E-state index contributed by atoms with van der Waals surface area (Å²) in [6, 6.07) is 3.39. The standard InChI is InChI=1S/C13H11N3O5/c1-7-11(8(2)21-16-7)13(17)19-6-10-14-15-12(20-10)9-4-3-5-18-9/h3-5H,6H2,1-2H3. The van der Waals surface area contributed by atoms with Crippen LogP contribution in [0.3, 0.4) is 0 Å². The zero-order valence-electron chi connectivity index (χ0n) is 11.3. The number of aryl methyl sites for hydroxylation is 2. The summed E-state index contributed by atoms with van der Waals surface area (Å²) < 4.78 is 20.5. The predicted octanol–water partition coefficient (Wildman–Crippen LogP) is 2.29. The Balaban J connectivity index is 1.67. The molecule has 0 aromatic carbocycles. The van der Waals surface area contributed by atoms with Gasteiger partial charge in [-0.2, -0.15) is 0 Å². The Kier molecular flexibility index (Phi) is 3.27. The van der Waals surface area contributed by atoms with Crippen molar-refractivity contribution in [2.75, 3.05) is 0 Å². The first-order chi connectivity index (χ1) is 10.1. The summed E-state index contributed by atoms with van der Waals surface area (Å²) in [5.74, 6) is 0.694. The maximum Gasteiger partial charge on any atom is 0.344 e. The molecule has 3 heterocycles. The number of nitrogens with zero attached hydrogens (tertiary/aromatic N) is 3. The molecule has 0 N–H and O–H groups in total. The van der Waals surface area contributed by atoms with E-state index < -0.39 is 5.97 Å². The summed E-state index contributed by atoms with van der Waals surface area (Å²) in [6.45, 7) is 3.16. The third kappa shape index (κ3) is 2.55. The molecule has 0 aliphatic carbocycles. The number of hydrogen-bond donors (Lipinski definition) is 0. The van der Waals surface area contributed by atoms with Crippen molar-refractivity contribution >= 4 is 5.97 Å². The maximum atomic E-state index is 11.9. The maximum absolute atomic E-state index is 11.9. The molecule has 21 heavy (non-hydrogen) atoms. The van der Waals surface area contributed by atoms with Gasteiger partial charge in [0.2, 0.25) is 0 Å². The Morgan fingerprint density at radius 2 is 2.19 bits per heavy atom. The third-order valence-electron chi connectivity index (χ3n) is 2.76. The van der Waals surface area contributed by atoms with Gasteiger partial charge < -0.3 is 18.1 Å². The number of carbonyl (C=O) groups is 1. The highest BCUT2D eigenvalue weighted by Gasteiger charge is 2.20. The summed E-state index contributed by atoms with van der Waals surface area (Å²) in [5, 5.41) is 11.3. The van der Waals surface area contributed by atoms with Crippen molar-refractivity contribution < 1.29 is 22.9 Å². The van der Waals surface area contributed by atoms with E-state index in [0.29, 0.717) is 22.8 Å². The molecule has 8 nitrogen and oxygen atoms in total. The van der Waals surface area contributed by atoms with Crippen LogP contribution in [0.1, 0.15) is 27.7 Å². The third-order valence-corrected chi connectivity index (χ3v) is 2.76. The average molecular weight is 289 g/mol. The zero-order chi connectivity index (χ0) is 14.8. The van der Waals surface area contributed by atoms with Gasteiger partial charge in [-0.05, 0) is 26.0 Å².